The van der Waals surface area contributed by atoms with Gasteiger partial charge in [-0.05, 0) is 30.2 Å². The molecule has 0 radical (unpaired) electrons. The van der Waals surface area contributed by atoms with E-state index < -0.39 is 22.2 Å². The number of rotatable bonds is 7. The van der Waals surface area contributed by atoms with Gasteiger partial charge in [0.15, 0.2) is 0 Å². The third kappa shape index (κ3) is 9.58. The zero-order valence-corrected chi connectivity index (χ0v) is 17.1. The Kier molecular flexibility index (Phi) is 10.4. The van der Waals surface area contributed by atoms with Crippen molar-refractivity contribution < 1.29 is 26.4 Å². The lowest BCUT2D eigenvalue weighted by atomic mass is 9.99. The topological polar surface area (TPSA) is 79.6 Å². The number of oxime groups is 1. The SMILES string of the molecule is CCC/C(=N\OCCc1ccccc1)c1cc(Cl)ccc1C(F)(F)F.N=S(=O)=O. The third-order valence-electron chi connectivity index (χ3n) is 3.58. The van der Waals surface area contributed by atoms with Gasteiger partial charge in [0.2, 0.25) is 0 Å². The fraction of sp³-hybridized carbons (Fsp3) is 0.316. The average Bonchev–Trinajstić information content (AvgIpc) is 2.63. The predicted molar refractivity (Wildman–Crippen MR) is 106 cm³/mol. The van der Waals surface area contributed by atoms with Gasteiger partial charge in [0, 0.05) is 17.0 Å². The fourth-order valence-corrected chi connectivity index (χ4v) is 2.57. The van der Waals surface area contributed by atoms with Gasteiger partial charge in [-0.2, -0.15) is 26.4 Å². The van der Waals surface area contributed by atoms with E-state index in [0.717, 1.165) is 11.6 Å². The first kappa shape index (κ1) is 24.6. The molecule has 5 nitrogen and oxygen atoms in total. The summed E-state index contributed by atoms with van der Waals surface area (Å²) < 4.78 is 62.6. The fourth-order valence-electron chi connectivity index (χ4n) is 2.40. The second kappa shape index (κ2) is 12.2. The molecule has 0 amide bonds. The molecule has 0 fully saturated rings. The molecule has 0 aliphatic carbocycles. The van der Waals surface area contributed by atoms with Crippen LogP contribution in [0, 0.1) is 4.78 Å². The van der Waals surface area contributed by atoms with Crippen molar-refractivity contribution in [1.82, 2.24) is 0 Å². The number of nitrogens with zero attached hydrogens (tertiary/aromatic N) is 1. The van der Waals surface area contributed by atoms with Gasteiger partial charge in [-0.1, -0.05) is 60.4 Å². The molecule has 29 heavy (non-hydrogen) atoms. The Hall–Kier alpha value is -2.39. The summed E-state index contributed by atoms with van der Waals surface area (Å²) in [5.41, 5.74) is 0.552. The van der Waals surface area contributed by atoms with Crippen molar-refractivity contribution in [3.05, 3.63) is 70.2 Å². The van der Waals surface area contributed by atoms with Crippen LogP contribution in [0.1, 0.15) is 36.5 Å². The molecule has 0 saturated carbocycles. The van der Waals surface area contributed by atoms with Crippen molar-refractivity contribution in [1.29, 1.82) is 4.78 Å². The maximum absolute atomic E-state index is 13.3. The highest BCUT2D eigenvalue weighted by Gasteiger charge is 2.34. The van der Waals surface area contributed by atoms with Crippen LogP contribution in [-0.2, 0) is 27.9 Å². The molecule has 0 unspecified atom stereocenters. The summed E-state index contributed by atoms with van der Waals surface area (Å²) >= 11 is 5.89. The monoisotopic (exact) mass is 448 g/mol. The molecule has 158 valence electrons. The molecule has 2 rings (SSSR count). The number of hydrogen-bond acceptors (Lipinski definition) is 5. The molecule has 0 aliphatic rings. The Morgan fingerprint density at radius 1 is 1.17 bits per heavy atom. The van der Waals surface area contributed by atoms with Gasteiger partial charge < -0.3 is 4.84 Å². The van der Waals surface area contributed by atoms with E-state index in [1.165, 1.54) is 12.1 Å². The molecule has 0 atom stereocenters. The van der Waals surface area contributed by atoms with Crippen molar-refractivity contribution in [3.63, 3.8) is 0 Å². The summed E-state index contributed by atoms with van der Waals surface area (Å²) in [5, 5.41) is 4.20. The van der Waals surface area contributed by atoms with Crippen LogP contribution in [0.2, 0.25) is 5.02 Å². The van der Waals surface area contributed by atoms with E-state index in [1.807, 2.05) is 37.3 Å². The molecule has 0 spiro atoms. The van der Waals surface area contributed by atoms with Crippen LogP contribution in [0.4, 0.5) is 13.2 Å². The molecule has 0 saturated heterocycles. The van der Waals surface area contributed by atoms with Crippen LogP contribution in [0.15, 0.2) is 53.7 Å². The first-order chi connectivity index (χ1) is 13.6. The molecular weight excluding hydrogens is 429 g/mol. The van der Waals surface area contributed by atoms with Crippen LogP contribution in [0.25, 0.3) is 0 Å². The number of halogens is 4. The lowest BCUT2D eigenvalue weighted by Crippen LogP contribution is -2.14. The van der Waals surface area contributed by atoms with Gasteiger partial charge in [-0.3, -0.25) is 0 Å². The van der Waals surface area contributed by atoms with E-state index in [2.05, 4.69) is 5.16 Å². The average molecular weight is 449 g/mol. The Labute approximate surface area is 173 Å². The first-order valence-electron chi connectivity index (χ1n) is 8.55. The second-order valence-electron chi connectivity index (χ2n) is 5.78. The minimum atomic E-state index is -4.47. The molecule has 0 bridgehead atoms. The number of benzene rings is 2. The van der Waals surface area contributed by atoms with Crippen molar-refractivity contribution in [2.24, 2.45) is 5.16 Å². The highest BCUT2D eigenvalue weighted by atomic mass is 35.5. The van der Waals surface area contributed by atoms with Gasteiger partial charge >= 0.3 is 16.7 Å². The minimum Gasteiger partial charge on any atom is -0.395 e. The van der Waals surface area contributed by atoms with E-state index in [0.29, 0.717) is 25.9 Å². The van der Waals surface area contributed by atoms with Crippen LogP contribution in [0.3, 0.4) is 0 Å². The van der Waals surface area contributed by atoms with Gasteiger partial charge in [0.25, 0.3) is 0 Å². The third-order valence-corrected chi connectivity index (χ3v) is 3.82. The maximum Gasteiger partial charge on any atom is 0.417 e. The normalized spacial score (nSPS) is 11.4. The Balaban J connectivity index is 0.000000960. The van der Waals surface area contributed by atoms with Crippen molar-refractivity contribution in [2.45, 2.75) is 32.4 Å². The van der Waals surface area contributed by atoms with E-state index in [4.69, 9.17) is 29.6 Å². The van der Waals surface area contributed by atoms with E-state index >= 15 is 0 Å². The standard InChI is InChI=1S/C19H19ClF3NO.HNO2S/c1-2-6-18(24-25-12-11-14-7-4-3-5-8-14)16-13-15(20)9-10-17(16)19(21,22)23;1-4(2)3/h3-5,7-10,13H,2,6,11-12H2,1H3;1H/b24-18+;. The van der Waals surface area contributed by atoms with E-state index in [-0.39, 0.29) is 16.3 Å². The Bertz CT molecular complexity index is 912. The lowest BCUT2D eigenvalue weighted by Gasteiger charge is -2.14. The van der Waals surface area contributed by atoms with Crippen LogP contribution < -0.4 is 0 Å². The molecule has 0 heterocycles. The summed E-state index contributed by atoms with van der Waals surface area (Å²) in [7, 11) is -2.61. The summed E-state index contributed by atoms with van der Waals surface area (Å²) in [4.78, 5) is 5.29. The smallest absolute Gasteiger partial charge is 0.395 e. The largest absolute Gasteiger partial charge is 0.417 e. The number of hydrogen-bond donors (Lipinski definition) is 1. The summed E-state index contributed by atoms with van der Waals surface area (Å²) in [6, 6.07) is 13.2. The summed E-state index contributed by atoms with van der Waals surface area (Å²) in [5.74, 6) is 0. The zero-order valence-electron chi connectivity index (χ0n) is 15.5. The van der Waals surface area contributed by atoms with Gasteiger partial charge in [-0.15, -0.1) is 0 Å². The van der Waals surface area contributed by atoms with Gasteiger partial charge in [0.05, 0.1) is 11.3 Å². The Morgan fingerprint density at radius 2 is 1.79 bits per heavy atom. The quantitative estimate of drug-likeness (QED) is 0.332. The molecule has 1 N–H and O–H groups in total. The maximum atomic E-state index is 13.3. The van der Waals surface area contributed by atoms with Crippen LogP contribution >= 0.6 is 11.6 Å². The number of alkyl halides is 3. The van der Waals surface area contributed by atoms with Crippen LogP contribution in [-0.4, -0.2) is 20.7 Å². The van der Waals surface area contributed by atoms with Crippen molar-refractivity contribution in [3.8, 4) is 0 Å². The molecule has 0 aliphatic heterocycles. The van der Waals surface area contributed by atoms with Crippen LogP contribution in [0.5, 0.6) is 0 Å². The lowest BCUT2D eigenvalue weighted by molar-refractivity contribution is -0.137. The summed E-state index contributed by atoms with van der Waals surface area (Å²) in [6.45, 7) is 2.16. The van der Waals surface area contributed by atoms with Gasteiger partial charge in [0.1, 0.15) is 6.61 Å². The highest BCUT2D eigenvalue weighted by molar-refractivity contribution is 7.60. The minimum absolute atomic E-state index is 0.0263. The van der Waals surface area contributed by atoms with Crippen molar-refractivity contribution in [2.75, 3.05) is 6.61 Å². The first-order valence-corrected chi connectivity index (χ1v) is 10.0. The number of nitrogens with one attached hydrogen (secondary N) is 1. The van der Waals surface area contributed by atoms with E-state index in [9.17, 15) is 13.2 Å². The summed E-state index contributed by atoms with van der Waals surface area (Å²) in [6.07, 6.45) is -2.83. The predicted octanol–water partition coefficient (Wildman–Crippen LogP) is 5.75. The highest BCUT2D eigenvalue weighted by Crippen LogP contribution is 2.34. The molecular formula is C19H20ClF3N2O3S. The second-order valence-corrected chi connectivity index (χ2v) is 6.69. The zero-order chi connectivity index (χ0) is 21.9. The molecule has 2 aromatic rings. The molecule has 0 aromatic heterocycles. The molecule has 10 heteroatoms. The van der Waals surface area contributed by atoms with E-state index in [1.54, 1.807) is 0 Å². The van der Waals surface area contributed by atoms with Crippen molar-refractivity contribution >= 4 is 27.8 Å². The Morgan fingerprint density at radius 3 is 2.34 bits per heavy atom. The molecule has 2 aromatic carbocycles. The van der Waals surface area contributed by atoms with Gasteiger partial charge in [-0.25, -0.2) is 0 Å².